The zero-order valence-electron chi connectivity index (χ0n) is 10.9. The van der Waals surface area contributed by atoms with Gasteiger partial charge in [-0.25, -0.2) is 4.98 Å². The van der Waals surface area contributed by atoms with Crippen molar-refractivity contribution in [1.29, 1.82) is 0 Å². The van der Waals surface area contributed by atoms with Crippen molar-refractivity contribution in [3.63, 3.8) is 0 Å². The van der Waals surface area contributed by atoms with Gasteiger partial charge in [-0.3, -0.25) is 4.79 Å². The highest BCUT2D eigenvalue weighted by molar-refractivity contribution is 7.09. The molecule has 3 nitrogen and oxygen atoms in total. The molecule has 1 aromatic carbocycles. The van der Waals surface area contributed by atoms with Crippen molar-refractivity contribution in [2.45, 2.75) is 25.4 Å². The van der Waals surface area contributed by atoms with E-state index in [1.54, 1.807) is 11.4 Å². The Labute approximate surface area is 123 Å². The van der Waals surface area contributed by atoms with Crippen molar-refractivity contribution in [2.24, 2.45) is 0 Å². The number of thiazole rings is 1. The molecule has 21 heavy (non-hydrogen) atoms. The van der Waals surface area contributed by atoms with Crippen LogP contribution in [0, 0.1) is 0 Å². The number of carbonyl (C=O) groups is 1. The molecular weight excluding hydrogens is 303 g/mol. The van der Waals surface area contributed by atoms with Crippen LogP contribution in [0.1, 0.15) is 28.2 Å². The number of hydrogen-bond donors (Lipinski definition) is 1. The molecule has 0 aliphatic carbocycles. The van der Waals surface area contributed by atoms with Crippen LogP contribution in [0.25, 0.3) is 0 Å². The Kier molecular flexibility index (Phi) is 4.62. The average Bonchev–Trinajstić information content (AvgIpc) is 2.83. The molecule has 0 radical (unpaired) electrons. The van der Waals surface area contributed by atoms with Gasteiger partial charge in [0.25, 0.3) is 0 Å². The molecule has 2 rings (SSSR count). The van der Waals surface area contributed by atoms with E-state index in [4.69, 9.17) is 5.11 Å². The number of halogens is 3. The monoisotopic (exact) mass is 315 g/mol. The minimum Gasteiger partial charge on any atom is -0.481 e. The summed E-state index contributed by atoms with van der Waals surface area (Å²) >= 11 is 1.24. The molecule has 0 unspecified atom stereocenters. The van der Waals surface area contributed by atoms with Gasteiger partial charge >= 0.3 is 12.1 Å². The van der Waals surface area contributed by atoms with E-state index in [9.17, 15) is 18.0 Å². The quantitative estimate of drug-likeness (QED) is 0.914. The van der Waals surface area contributed by atoms with Crippen LogP contribution >= 0.6 is 11.3 Å². The van der Waals surface area contributed by atoms with Gasteiger partial charge in [0, 0.05) is 18.2 Å². The largest absolute Gasteiger partial charge is 0.481 e. The predicted octanol–water partition coefficient (Wildman–Crippen LogP) is 3.77. The second kappa shape index (κ2) is 6.26. The highest BCUT2D eigenvalue weighted by Crippen LogP contribution is 2.33. The first-order chi connectivity index (χ1) is 9.86. The van der Waals surface area contributed by atoms with Crippen LogP contribution in [0.4, 0.5) is 13.2 Å². The topological polar surface area (TPSA) is 50.2 Å². The first-order valence-electron chi connectivity index (χ1n) is 6.16. The van der Waals surface area contributed by atoms with Gasteiger partial charge in [-0.2, -0.15) is 13.2 Å². The van der Waals surface area contributed by atoms with Crippen molar-refractivity contribution < 1.29 is 23.1 Å². The molecule has 1 aromatic heterocycles. The van der Waals surface area contributed by atoms with Gasteiger partial charge < -0.3 is 5.11 Å². The third-order valence-electron chi connectivity index (χ3n) is 2.86. The molecule has 0 saturated carbocycles. The lowest BCUT2D eigenvalue weighted by molar-refractivity contribution is -0.138. The van der Waals surface area contributed by atoms with Crippen molar-refractivity contribution in [3.8, 4) is 0 Å². The molecule has 0 spiro atoms. The Morgan fingerprint density at radius 3 is 2.67 bits per heavy atom. The Morgan fingerprint density at radius 2 is 2.00 bits per heavy atom. The SMILES string of the molecule is O=C(O)CCc1csc(Cc2ccccc2C(F)(F)F)n1. The van der Waals surface area contributed by atoms with E-state index in [-0.39, 0.29) is 24.8 Å². The summed E-state index contributed by atoms with van der Waals surface area (Å²) in [4.78, 5) is 14.7. The number of benzene rings is 1. The van der Waals surface area contributed by atoms with Gasteiger partial charge in [-0.15, -0.1) is 11.3 Å². The molecule has 2 aromatic rings. The number of aromatic nitrogens is 1. The van der Waals surface area contributed by atoms with Crippen molar-refractivity contribution in [2.75, 3.05) is 0 Å². The van der Waals surface area contributed by atoms with Gasteiger partial charge in [0.1, 0.15) is 0 Å². The zero-order valence-corrected chi connectivity index (χ0v) is 11.7. The minimum absolute atomic E-state index is 0.0394. The first-order valence-corrected chi connectivity index (χ1v) is 7.04. The summed E-state index contributed by atoms with van der Waals surface area (Å²) in [6.45, 7) is 0. The lowest BCUT2D eigenvalue weighted by Gasteiger charge is -2.11. The standard InChI is InChI=1S/C14H12F3NO2S/c15-14(16,17)11-4-2-1-3-9(11)7-12-18-10(8-21-12)5-6-13(19)20/h1-4,8H,5-7H2,(H,19,20). The number of carboxylic acids is 1. The van der Waals surface area contributed by atoms with Crippen LogP contribution < -0.4 is 0 Å². The maximum Gasteiger partial charge on any atom is 0.416 e. The first kappa shape index (κ1) is 15.5. The molecule has 0 fully saturated rings. The minimum atomic E-state index is -4.39. The fourth-order valence-corrected chi connectivity index (χ4v) is 2.75. The van der Waals surface area contributed by atoms with E-state index in [1.165, 1.54) is 23.5 Å². The third kappa shape index (κ3) is 4.29. The molecule has 0 amide bonds. The Hall–Kier alpha value is -1.89. The lowest BCUT2D eigenvalue weighted by Crippen LogP contribution is -2.09. The van der Waals surface area contributed by atoms with Crippen LogP contribution in [-0.2, 0) is 23.8 Å². The fraction of sp³-hybridized carbons (Fsp3) is 0.286. The summed E-state index contributed by atoms with van der Waals surface area (Å²) in [6.07, 6.45) is -4.05. The molecular formula is C14H12F3NO2S. The maximum absolute atomic E-state index is 12.9. The van der Waals surface area contributed by atoms with Gasteiger partial charge in [-0.1, -0.05) is 18.2 Å². The summed E-state index contributed by atoms with van der Waals surface area (Å²) in [7, 11) is 0. The van der Waals surface area contributed by atoms with E-state index in [0.717, 1.165) is 6.07 Å². The molecule has 0 saturated heterocycles. The Morgan fingerprint density at radius 1 is 1.29 bits per heavy atom. The fourth-order valence-electron chi connectivity index (χ4n) is 1.89. The second-order valence-corrected chi connectivity index (χ2v) is 5.40. The van der Waals surface area contributed by atoms with Crippen LogP contribution in [0.2, 0.25) is 0 Å². The molecule has 0 aliphatic rings. The molecule has 112 valence electrons. The molecule has 7 heteroatoms. The number of aliphatic carboxylic acids is 1. The summed E-state index contributed by atoms with van der Waals surface area (Å²) in [5.41, 5.74) is 0.110. The van der Waals surface area contributed by atoms with Crippen LogP contribution in [0.3, 0.4) is 0 Å². The number of alkyl halides is 3. The van der Waals surface area contributed by atoms with Gasteiger partial charge in [-0.05, 0) is 11.6 Å². The van der Waals surface area contributed by atoms with Crippen LogP contribution in [0.5, 0.6) is 0 Å². The van der Waals surface area contributed by atoms with E-state index in [2.05, 4.69) is 4.98 Å². The van der Waals surface area contributed by atoms with Crippen molar-refractivity contribution >= 4 is 17.3 Å². The van der Waals surface area contributed by atoms with Gasteiger partial charge in [0.05, 0.1) is 22.7 Å². The Balaban J connectivity index is 2.14. The van der Waals surface area contributed by atoms with Crippen LogP contribution in [-0.4, -0.2) is 16.1 Å². The van der Waals surface area contributed by atoms with E-state index >= 15 is 0 Å². The second-order valence-electron chi connectivity index (χ2n) is 4.46. The molecule has 1 heterocycles. The van der Waals surface area contributed by atoms with Gasteiger partial charge in [0.15, 0.2) is 0 Å². The zero-order chi connectivity index (χ0) is 15.5. The number of hydrogen-bond acceptors (Lipinski definition) is 3. The summed E-state index contributed by atoms with van der Waals surface area (Å²) in [6, 6.07) is 5.39. The number of carboxylic acid groups (broad SMARTS) is 1. The van der Waals surface area contributed by atoms with E-state index in [0.29, 0.717) is 10.7 Å². The molecule has 1 N–H and O–H groups in total. The summed E-state index contributed by atoms with van der Waals surface area (Å²) in [5.74, 6) is -0.924. The molecule has 0 aliphatic heterocycles. The van der Waals surface area contributed by atoms with E-state index in [1.807, 2.05) is 0 Å². The normalized spacial score (nSPS) is 11.6. The maximum atomic E-state index is 12.9. The van der Waals surface area contributed by atoms with Crippen molar-refractivity contribution in [3.05, 3.63) is 51.5 Å². The number of rotatable bonds is 5. The summed E-state index contributed by atoms with van der Waals surface area (Å²) in [5, 5.41) is 10.8. The highest BCUT2D eigenvalue weighted by Gasteiger charge is 2.32. The molecule has 0 atom stereocenters. The number of aryl methyl sites for hydroxylation is 1. The lowest BCUT2D eigenvalue weighted by atomic mass is 10.0. The average molecular weight is 315 g/mol. The molecule has 0 bridgehead atoms. The summed E-state index contributed by atoms with van der Waals surface area (Å²) < 4.78 is 38.7. The van der Waals surface area contributed by atoms with Crippen LogP contribution in [0.15, 0.2) is 29.6 Å². The Bertz CT molecular complexity index is 637. The number of nitrogens with zero attached hydrogens (tertiary/aromatic N) is 1. The highest BCUT2D eigenvalue weighted by atomic mass is 32.1. The van der Waals surface area contributed by atoms with E-state index < -0.39 is 17.7 Å². The van der Waals surface area contributed by atoms with Gasteiger partial charge in [0.2, 0.25) is 0 Å². The predicted molar refractivity (Wildman–Crippen MR) is 72.3 cm³/mol. The smallest absolute Gasteiger partial charge is 0.416 e. The third-order valence-corrected chi connectivity index (χ3v) is 3.76. The van der Waals surface area contributed by atoms with Crippen molar-refractivity contribution in [1.82, 2.24) is 4.98 Å².